The molecule has 1 aliphatic rings. The van der Waals surface area contributed by atoms with E-state index in [0.29, 0.717) is 46.6 Å². The molecule has 4 aromatic carbocycles. The molecule has 50 heavy (non-hydrogen) atoms. The number of benzene rings is 4. The summed E-state index contributed by atoms with van der Waals surface area (Å²) >= 11 is 0. The van der Waals surface area contributed by atoms with Gasteiger partial charge in [-0.3, -0.25) is 4.79 Å². The van der Waals surface area contributed by atoms with Gasteiger partial charge >= 0.3 is 6.18 Å². The van der Waals surface area contributed by atoms with E-state index in [1.54, 1.807) is 72.8 Å². The Morgan fingerprint density at radius 2 is 1.66 bits per heavy atom. The highest BCUT2D eigenvalue weighted by atomic mass is 19.4. The number of azide groups is 2. The highest BCUT2D eigenvalue weighted by molar-refractivity contribution is 6.01. The van der Waals surface area contributed by atoms with Gasteiger partial charge in [-0.2, -0.15) is 13.2 Å². The number of aliphatic imine (C=N–C) groups is 1. The molecule has 0 unspecified atom stereocenters. The molecule has 256 valence electrons. The molecule has 1 heterocycles. The number of ether oxygens (including phenoxy) is 2. The molecule has 0 saturated carbocycles. The zero-order valence-corrected chi connectivity index (χ0v) is 26.5. The lowest BCUT2D eigenvalue weighted by Crippen LogP contribution is -2.49. The van der Waals surface area contributed by atoms with Gasteiger partial charge in [0.05, 0.1) is 18.7 Å². The van der Waals surface area contributed by atoms with Crippen molar-refractivity contribution in [3.05, 3.63) is 151 Å². The number of nitrogens with one attached hydrogen (secondary N) is 1. The molecule has 2 atom stereocenters. The van der Waals surface area contributed by atoms with Crippen LogP contribution in [0.1, 0.15) is 45.9 Å². The Kier molecular flexibility index (Phi) is 11.2. The van der Waals surface area contributed by atoms with E-state index in [0.717, 1.165) is 12.1 Å². The lowest BCUT2D eigenvalue weighted by Gasteiger charge is -2.32. The minimum Gasteiger partial charge on any atom is -0.494 e. The molecule has 0 bridgehead atoms. The number of hydrogen-bond donors (Lipinski definition) is 2. The molecule has 15 heteroatoms. The summed E-state index contributed by atoms with van der Waals surface area (Å²) in [5, 5.41) is 19.5. The Balaban J connectivity index is 1.62. The Bertz CT molecular complexity index is 1940. The second kappa shape index (κ2) is 15.9. The highest BCUT2D eigenvalue weighted by Crippen LogP contribution is 2.46. The van der Waals surface area contributed by atoms with Gasteiger partial charge < -0.3 is 19.9 Å². The second-order valence-corrected chi connectivity index (χ2v) is 11.2. The average Bonchev–Trinajstić information content (AvgIpc) is 3.51. The predicted molar refractivity (Wildman–Crippen MR) is 178 cm³/mol. The third kappa shape index (κ3) is 8.16. The van der Waals surface area contributed by atoms with E-state index in [2.05, 4.69) is 25.4 Å². The highest BCUT2D eigenvalue weighted by Gasteiger charge is 2.54. The van der Waals surface area contributed by atoms with Crippen molar-refractivity contribution in [2.45, 2.75) is 43.8 Å². The van der Waals surface area contributed by atoms with Gasteiger partial charge in [0.1, 0.15) is 5.75 Å². The van der Waals surface area contributed by atoms with E-state index in [1.165, 1.54) is 12.1 Å². The first-order valence-corrected chi connectivity index (χ1v) is 15.4. The molecule has 2 N–H and O–H groups in total. The first-order valence-electron chi connectivity index (χ1n) is 15.4. The molecule has 1 amide bonds. The summed E-state index contributed by atoms with van der Waals surface area (Å²) in [6.07, 6.45) is -5.28. The second-order valence-electron chi connectivity index (χ2n) is 11.2. The van der Waals surface area contributed by atoms with Gasteiger partial charge in [-0.25, -0.2) is 4.99 Å². The summed E-state index contributed by atoms with van der Waals surface area (Å²) in [7, 11) is 0. The minimum absolute atomic E-state index is 0.00885. The zero-order valence-electron chi connectivity index (χ0n) is 26.5. The van der Waals surface area contributed by atoms with Crippen LogP contribution in [0.2, 0.25) is 0 Å². The van der Waals surface area contributed by atoms with E-state index in [4.69, 9.17) is 25.1 Å². The summed E-state index contributed by atoms with van der Waals surface area (Å²) in [6, 6.07) is 24.9. The van der Waals surface area contributed by atoms with Crippen molar-refractivity contribution >= 4 is 17.5 Å². The van der Waals surface area contributed by atoms with Crippen LogP contribution in [0.5, 0.6) is 5.75 Å². The molecule has 5 rings (SSSR count). The average molecular weight is 685 g/mol. The van der Waals surface area contributed by atoms with Gasteiger partial charge in [0.2, 0.25) is 5.90 Å². The normalized spacial score (nSPS) is 16.7. The Morgan fingerprint density at radius 3 is 2.34 bits per heavy atom. The van der Waals surface area contributed by atoms with Crippen LogP contribution in [0.15, 0.2) is 112 Å². The van der Waals surface area contributed by atoms with Gasteiger partial charge in [-0.15, -0.1) is 0 Å². The lowest BCUT2D eigenvalue weighted by atomic mass is 9.80. The van der Waals surface area contributed by atoms with Crippen molar-refractivity contribution in [1.29, 1.82) is 0 Å². The van der Waals surface area contributed by atoms with E-state index in [9.17, 15) is 23.5 Å². The fraction of sp³-hybridized carbons (Fsp3) is 0.257. The minimum atomic E-state index is -4.52. The van der Waals surface area contributed by atoms with Crippen LogP contribution in [-0.2, 0) is 35.2 Å². The number of aliphatic hydroxyl groups is 1. The number of halogens is 3. The van der Waals surface area contributed by atoms with Crippen LogP contribution in [0.3, 0.4) is 0 Å². The van der Waals surface area contributed by atoms with Crippen LogP contribution in [0.4, 0.5) is 18.9 Å². The molecule has 0 fully saturated rings. The van der Waals surface area contributed by atoms with Crippen LogP contribution in [0, 0.1) is 0 Å². The third-order valence-electron chi connectivity index (χ3n) is 8.02. The summed E-state index contributed by atoms with van der Waals surface area (Å²) < 4.78 is 51.8. The van der Waals surface area contributed by atoms with Crippen molar-refractivity contribution in [3.63, 3.8) is 0 Å². The van der Waals surface area contributed by atoms with Crippen LogP contribution < -0.4 is 10.1 Å². The van der Waals surface area contributed by atoms with Crippen LogP contribution >= 0.6 is 0 Å². The number of alkyl halides is 3. The Labute approximate surface area is 284 Å². The number of hydrogen-bond acceptors (Lipinski definition) is 7. The molecule has 12 nitrogen and oxygen atoms in total. The summed E-state index contributed by atoms with van der Waals surface area (Å²) in [5.74, 6) is 0.0270. The standard InChI is InChI=1S/C35H31F3N8O4/c36-35(37,38)27-14-10-23(11-15-27)21-41-33(48)34(20-25-6-1-2-7-26(25)22-42-45-39)31(29-8-3-4-9-30(29)44-46-40)50-32(43-34)24-12-16-28(17-13-24)49-19-5-18-47/h1-4,6-17,31,47H,5,18-22H2,(H,41,48)/t31-,34-/m1/s1. The van der Waals surface area contributed by atoms with Crippen molar-refractivity contribution in [2.75, 3.05) is 13.2 Å². The van der Waals surface area contributed by atoms with Crippen molar-refractivity contribution in [1.82, 2.24) is 5.32 Å². The molecule has 4 aromatic rings. The fourth-order valence-electron chi connectivity index (χ4n) is 5.54. The van der Waals surface area contributed by atoms with E-state index in [-0.39, 0.29) is 37.7 Å². The number of carbonyl (C=O) groups is 1. The van der Waals surface area contributed by atoms with Gasteiger partial charge in [0.25, 0.3) is 5.91 Å². The Morgan fingerprint density at radius 1 is 0.960 bits per heavy atom. The molecule has 0 aliphatic carbocycles. The van der Waals surface area contributed by atoms with E-state index >= 15 is 0 Å². The smallest absolute Gasteiger partial charge is 0.416 e. The summed E-state index contributed by atoms with van der Waals surface area (Å²) in [6.45, 7) is 0.152. The van der Waals surface area contributed by atoms with E-state index < -0.39 is 29.3 Å². The number of rotatable bonds is 14. The fourth-order valence-corrected chi connectivity index (χ4v) is 5.54. The van der Waals surface area contributed by atoms with Gasteiger partial charge in [0, 0.05) is 52.6 Å². The maximum Gasteiger partial charge on any atom is 0.416 e. The van der Waals surface area contributed by atoms with E-state index in [1.807, 2.05) is 0 Å². The summed E-state index contributed by atoms with van der Waals surface area (Å²) in [5.41, 5.74) is 18.6. The van der Waals surface area contributed by atoms with Crippen molar-refractivity contribution in [3.8, 4) is 5.75 Å². The van der Waals surface area contributed by atoms with Gasteiger partial charge in [-0.05, 0) is 64.2 Å². The maximum atomic E-state index is 14.6. The van der Waals surface area contributed by atoms with Crippen molar-refractivity contribution in [2.24, 2.45) is 15.2 Å². The molecular weight excluding hydrogens is 653 g/mol. The van der Waals surface area contributed by atoms with Crippen molar-refractivity contribution < 1.29 is 32.5 Å². The SMILES string of the molecule is [N-]=[N+]=NCc1ccccc1C[C@@]1(C(=O)NCc2ccc(C(F)(F)F)cc2)N=C(c2ccc(OCCCO)cc2)O[C@@H]1c1ccccc1N=[N+]=[N-]. The maximum absolute atomic E-state index is 14.6. The molecule has 1 aliphatic heterocycles. The lowest BCUT2D eigenvalue weighted by molar-refractivity contribution is -0.137. The monoisotopic (exact) mass is 684 g/mol. The molecule has 0 spiro atoms. The molecule has 0 radical (unpaired) electrons. The first-order chi connectivity index (χ1) is 24.2. The predicted octanol–water partition coefficient (Wildman–Crippen LogP) is 8.03. The third-order valence-corrected chi connectivity index (χ3v) is 8.02. The Hall–Kier alpha value is -6.01. The van der Waals surface area contributed by atoms with Gasteiger partial charge in [0.15, 0.2) is 11.6 Å². The van der Waals surface area contributed by atoms with Gasteiger partial charge in [-0.1, -0.05) is 70.9 Å². The summed E-state index contributed by atoms with van der Waals surface area (Å²) in [4.78, 5) is 25.4. The molecular formula is C35H31F3N8O4. The number of carbonyl (C=O) groups excluding carboxylic acids is 1. The number of amides is 1. The largest absolute Gasteiger partial charge is 0.494 e. The number of aliphatic hydroxyl groups excluding tert-OH is 1. The van der Waals surface area contributed by atoms with Crippen LogP contribution in [-0.4, -0.2) is 35.7 Å². The zero-order chi connectivity index (χ0) is 35.6. The molecule has 0 saturated heterocycles. The quantitative estimate of drug-likeness (QED) is 0.0591. The topological polar surface area (TPSA) is 178 Å². The molecule has 0 aromatic heterocycles. The number of nitrogens with zero attached hydrogens (tertiary/aromatic N) is 7. The van der Waals surface area contributed by atoms with Crippen LogP contribution in [0.25, 0.3) is 20.9 Å². The first kappa shape index (κ1) is 35.3.